The smallest absolute Gasteiger partial charge is 0.260 e. The third kappa shape index (κ3) is 2.59. The van der Waals surface area contributed by atoms with Crippen LogP contribution >= 0.6 is 31.9 Å². The topological polar surface area (TPSA) is 77.8 Å². The number of hydrogen-bond donors (Lipinski definition) is 1. The summed E-state index contributed by atoms with van der Waals surface area (Å²) in [6.45, 7) is 0. The first kappa shape index (κ1) is 13.3. The number of aromatic nitrogens is 3. The molecule has 100 valence electrons. The first-order valence-corrected chi connectivity index (χ1v) is 7.23. The second kappa shape index (κ2) is 5.34. The van der Waals surface area contributed by atoms with Crippen LogP contribution in [0.5, 0.6) is 0 Å². The third-order valence-electron chi connectivity index (χ3n) is 2.63. The van der Waals surface area contributed by atoms with Crippen LogP contribution in [0.3, 0.4) is 0 Å². The van der Waals surface area contributed by atoms with E-state index in [9.17, 15) is 0 Å². The van der Waals surface area contributed by atoms with Crippen molar-refractivity contribution in [3.63, 3.8) is 0 Å². The van der Waals surface area contributed by atoms with Gasteiger partial charge >= 0.3 is 0 Å². The zero-order valence-electron chi connectivity index (χ0n) is 10.0. The van der Waals surface area contributed by atoms with Crippen LogP contribution in [-0.4, -0.2) is 15.1 Å². The van der Waals surface area contributed by atoms with Gasteiger partial charge in [-0.05, 0) is 46.3 Å². The average Bonchev–Trinajstić information content (AvgIpc) is 2.92. The fraction of sp³-hybridized carbons (Fsp3) is 0. The lowest BCUT2D eigenvalue weighted by Gasteiger charge is -2.00. The van der Waals surface area contributed by atoms with E-state index in [4.69, 9.17) is 10.3 Å². The maximum absolute atomic E-state index is 5.92. The number of benzene rings is 1. The minimum absolute atomic E-state index is 0.364. The summed E-state index contributed by atoms with van der Waals surface area (Å²) >= 11 is 6.72. The van der Waals surface area contributed by atoms with Crippen molar-refractivity contribution in [2.24, 2.45) is 0 Å². The second-order valence-corrected chi connectivity index (χ2v) is 5.85. The molecule has 0 aliphatic carbocycles. The van der Waals surface area contributed by atoms with E-state index < -0.39 is 0 Å². The Bertz CT molecular complexity index is 755. The number of nitrogens with zero attached hydrogens (tertiary/aromatic N) is 3. The zero-order valence-corrected chi connectivity index (χ0v) is 13.2. The summed E-state index contributed by atoms with van der Waals surface area (Å²) in [5, 5.41) is 3.93. The fourth-order valence-corrected chi connectivity index (χ4v) is 2.25. The first-order chi connectivity index (χ1) is 9.63. The molecular formula is C13H8Br2N4O. The largest absolute Gasteiger partial charge is 0.398 e. The Kier molecular flexibility index (Phi) is 3.54. The Hall–Kier alpha value is -1.73. The van der Waals surface area contributed by atoms with Crippen LogP contribution in [0, 0.1) is 0 Å². The maximum atomic E-state index is 5.92. The van der Waals surface area contributed by atoms with E-state index in [0.29, 0.717) is 28.7 Å². The summed E-state index contributed by atoms with van der Waals surface area (Å²) < 4.78 is 7.04. The van der Waals surface area contributed by atoms with Gasteiger partial charge in [0.2, 0.25) is 5.82 Å². The number of hydrogen-bond acceptors (Lipinski definition) is 5. The SMILES string of the molecule is Nc1ccc(Br)cc1-c1nc(-c2ccc(Br)cn2)no1. The third-order valence-corrected chi connectivity index (χ3v) is 3.59. The average molecular weight is 396 g/mol. The number of nitrogens with two attached hydrogens (primary N) is 1. The van der Waals surface area contributed by atoms with Gasteiger partial charge in [0.15, 0.2) is 0 Å². The molecule has 0 aliphatic heterocycles. The molecule has 2 heterocycles. The van der Waals surface area contributed by atoms with Crippen LogP contribution in [0.1, 0.15) is 0 Å². The molecule has 0 aliphatic rings. The lowest BCUT2D eigenvalue weighted by Crippen LogP contribution is -1.90. The van der Waals surface area contributed by atoms with E-state index in [1.807, 2.05) is 24.3 Å². The molecule has 1 aromatic carbocycles. The van der Waals surface area contributed by atoms with Gasteiger partial charge in [-0.2, -0.15) is 4.98 Å². The quantitative estimate of drug-likeness (QED) is 0.665. The molecule has 0 radical (unpaired) electrons. The molecule has 20 heavy (non-hydrogen) atoms. The molecule has 3 rings (SSSR count). The minimum Gasteiger partial charge on any atom is -0.398 e. The summed E-state index contributed by atoms with van der Waals surface area (Å²) in [6, 6.07) is 9.14. The van der Waals surface area contributed by atoms with Crippen molar-refractivity contribution in [3.05, 3.63) is 45.5 Å². The Labute approximate surface area is 131 Å². The highest BCUT2D eigenvalue weighted by atomic mass is 79.9. The van der Waals surface area contributed by atoms with Crippen molar-refractivity contribution in [2.45, 2.75) is 0 Å². The van der Waals surface area contributed by atoms with Gasteiger partial charge in [0.25, 0.3) is 5.89 Å². The summed E-state index contributed by atoms with van der Waals surface area (Å²) in [7, 11) is 0. The highest BCUT2D eigenvalue weighted by molar-refractivity contribution is 9.10. The standard InChI is InChI=1S/C13H8Br2N4O/c14-7-1-3-10(16)9(5-7)13-18-12(19-20-13)11-4-2-8(15)6-17-11/h1-6H,16H2. The van der Waals surface area contributed by atoms with Gasteiger partial charge in [-0.25, -0.2) is 0 Å². The van der Waals surface area contributed by atoms with Crippen molar-refractivity contribution in [1.82, 2.24) is 15.1 Å². The summed E-state index contributed by atoms with van der Waals surface area (Å²) in [5.74, 6) is 0.787. The van der Waals surface area contributed by atoms with Crippen LogP contribution in [0.25, 0.3) is 23.0 Å². The molecule has 2 N–H and O–H groups in total. The van der Waals surface area contributed by atoms with Gasteiger partial charge in [-0.15, -0.1) is 0 Å². The minimum atomic E-state index is 0.364. The van der Waals surface area contributed by atoms with Gasteiger partial charge in [0.1, 0.15) is 5.69 Å². The molecule has 0 atom stereocenters. The zero-order chi connectivity index (χ0) is 14.1. The van der Waals surface area contributed by atoms with Crippen LogP contribution in [0.2, 0.25) is 0 Å². The predicted octanol–water partition coefficient (Wildman–Crippen LogP) is 3.91. The van der Waals surface area contributed by atoms with Crippen molar-refractivity contribution >= 4 is 37.5 Å². The molecule has 2 aromatic heterocycles. The monoisotopic (exact) mass is 394 g/mol. The molecule has 0 unspecified atom stereocenters. The highest BCUT2D eigenvalue weighted by Gasteiger charge is 2.14. The highest BCUT2D eigenvalue weighted by Crippen LogP contribution is 2.29. The lowest BCUT2D eigenvalue weighted by molar-refractivity contribution is 0.432. The molecule has 0 fully saturated rings. The normalized spacial score (nSPS) is 10.7. The molecule has 5 nitrogen and oxygen atoms in total. The van der Waals surface area contributed by atoms with E-state index in [2.05, 4.69) is 47.0 Å². The van der Waals surface area contributed by atoms with Gasteiger partial charge in [0.05, 0.1) is 5.56 Å². The Morgan fingerprint density at radius 1 is 1.05 bits per heavy atom. The number of anilines is 1. The number of halogens is 2. The van der Waals surface area contributed by atoms with Gasteiger partial charge in [-0.3, -0.25) is 4.98 Å². The van der Waals surface area contributed by atoms with Crippen molar-refractivity contribution in [2.75, 3.05) is 5.73 Å². The van der Waals surface area contributed by atoms with E-state index in [1.165, 1.54) is 0 Å². The number of pyridine rings is 1. The summed E-state index contributed by atoms with van der Waals surface area (Å²) in [5.41, 5.74) is 7.82. The maximum Gasteiger partial charge on any atom is 0.260 e. The Morgan fingerprint density at radius 2 is 1.85 bits per heavy atom. The van der Waals surface area contributed by atoms with E-state index >= 15 is 0 Å². The van der Waals surface area contributed by atoms with Gasteiger partial charge < -0.3 is 10.3 Å². The molecule has 0 bridgehead atoms. The summed E-state index contributed by atoms with van der Waals surface area (Å²) in [6.07, 6.45) is 1.68. The van der Waals surface area contributed by atoms with Crippen LogP contribution in [-0.2, 0) is 0 Å². The van der Waals surface area contributed by atoms with Gasteiger partial charge in [0, 0.05) is 20.8 Å². The van der Waals surface area contributed by atoms with Gasteiger partial charge in [-0.1, -0.05) is 21.1 Å². The number of rotatable bonds is 2. The molecule has 0 saturated carbocycles. The molecule has 0 saturated heterocycles. The van der Waals surface area contributed by atoms with E-state index in [0.717, 1.165) is 8.95 Å². The van der Waals surface area contributed by atoms with E-state index in [1.54, 1.807) is 12.3 Å². The van der Waals surface area contributed by atoms with Crippen molar-refractivity contribution in [3.8, 4) is 23.0 Å². The van der Waals surface area contributed by atoms with Crippen molar-refractivity contribution < 1.29 is 4.52 Å². The number of nitrogen functional groups attached to an aromatic ring is 1. The first-order valence-electron chi connectivity index (χ1n) is 5.64. The van der Waals surface area contributed by atoms with Crippen LogP contribution in [0.4, 0.5) is 5.69 Å². The lowest BCUT2D eigenvalue weighted by atomic mass is 10.2. The second-order valence-electron chi connectivity index (χ2n) is 4.02. The molecular weight excluding hydrogens is 388 g/mol. The molecule has 0 amide bonds. The Morgan fingerprint density at radius 3 is 2.60 bits per heavy atom. The van der Waals surface area contributed by atoms with Crippen molar-refractivity contribution in [1.29, 1.82) is 0 Å². The van der Waals surface area contributed by atoms with Crippen LogP contribution in [0.15, 0.2) is 50.0 Å². The predicted molar refractivity (Wildman–Crippen MR) is 82.8 cm³/mol. The molecule has 3 aromatic rings. The Balaban J connectivity index is 2.01. The summed E-state index contributed by atoms with van der Waals surface area (Å²) in [4.78, 5) is 8.55. The molecule has 7 heteroatoms. The van der Waals surface area contributed by atoms with E-state index in [-0.39, 0.29) is 0 Å². The van der Waals surface area contributed by atoms with Crippen LogP contribution < -0.4 is 5.73 Å². The molecule has 0 spiro atoms. The fourth-order valence-electron chi connectivity index (χ4n) is 1.66.